The summed E-state index contributed by atoms with van der Waals surface area (Å²) in [6.07, 6.45) is 0.262. The van der Waals surface area contributed by atoms with Crippen LogP contribution in [0.2, 0.25) is 18.1 Å². The van der Waals surface area contributed by atoms with E-state index in [2.05, 4.69) is 39.2 Å². The lowest BCUT2D eigenvalue weighted by Crippen LogP contribution is -2.43. The third-order valence-corrected chi connectivity index (χ3v) is 9.40. The highest BCUT2D eigenvalue weighted by molar-refractivity contribution is 6.74. The third-order valence-electron chi connectivity index (χ3n) is 4.86. The second-order valence-corrected chi connectivity index (χ2v) is 14.5. The summed E-state index contributed by atoms with van der Waals surface area (Å²) in [4.78, 5) is 12.2. The maximum Gasteiger partial charge on any atom is 0.407 e. The van der Waals surface area contributed by atoms with Gasteiger partial charge in [-0.25, -0.2) is 4.79 Å². The van der Waals surface area contributed by atoms with Crippen LogP contribution in [-0.2, 0) is 20.3 Å². The van der Waals surface area contributed by atoms with Crippen LogP contribution in [0, 0.1) is 0 Å². The summed E-state index contributed by atoms with van der Waals surface area (Å²) in [6.45, 7) is 18.2. The zero-order valence-corrected chi connectivity index (χ0v) is 19.9. The quantitative estimate of drug-likeness (QED) is 0.452. The zero-order valence-electron chi connectivity index (χ0n) is 18.9. The van der Waals surface area contributed by atoms with E-state index in [1.165, 1.54) is 0 Å². The highest BCUT2D eigenvalue weighted by Gasteiger charge is 2.36. The van der Waals surface area contributed by atoms with Crippen molar-refractivity contribution in [1.82, 2.24) is 5.32 Å². The fraction of sp³-hybridized carbons (Fsp3) is 0.682. The van der Waals surface area contributed by atoms with Crippen LogP contribution in [0.5, 0.6) is 0 Å². The minimum atomic E-state index is -1.77. The van der Waals surface area contributed by atoms with Gasteiger partial charge >= 0.3 is 6.09 Å². The Morgan fingerprint density at radius 1 is 1.04 bits per heavy atom. The van der Waals surface area contributed by atoms with Crippen molar-refractivity contribution < 1.29 is 18.7 Å². The maximum atomic E-state index is 12.2. The van der Waals surface area contributed by atoms with Crippen molar-refractivity contribution in [3.8, 4) is 0 Å². The average molecular weight is 410 g/mol. The molecule has 0 aromatic heterocycles. The number of ether oxygens (including phenoxy) is 2. The first kappa shape index (κ1) is 24.7. The normalized spacial score (nSPS) is 13.9. The molecule has 5 nitrogen and oxygen atoms in total. The molecular formula is C22H39NO4Si. The molecule has 1 unspecified atom stereocenters. The smallest absolute Gasteiger partial charge is 0.407 e. The summed E-state index contributed by atoms with van der Waals surface area (Å²) in [7, 11) is -1.77. The standard InChI is InChI=1S/C22H39NO4Si/c1-21(2,3)27-20(24)23-19(16-18-12-10-9-11-13-18)17-25-14-15-26-28(7,8)22(4,5)6/h9-13,19H,14-17H2,1-8H3,(H,23,24). The Kier molecular flexibility index (Phi) is 9.18. The molecule has 160 valence electrons. The number of hydrogen-bond donors (Lipinski definition) is 1. The van der Waals surface area contributed by atoms with Crippen LogP contribution >= 0.6 is 0 Å². The molecule has 0 aliphatic rings. The predicted molar refractivity (Wildman–Crippen MR) is 117 cm³/mol. The van der Waals surface area contributed by atoms with Gasteiger partial charge in [0.2, 0.25) is 0 Å². The van der Waals surface area contributed by atoms with E-state index in [4.69, 9.17) is 13.9 Å². The van der Waals surface area contributed by atoms with E-state index in [0.717, 1.165) is 5.56 Å². The second-order valence-electron chi connectivity index (χ2n) is 9.72. The van der Waals surface area contributed by atoms with E-state index in [1.807, 2.05) is 51.1 Å². The van der Waals surface area contributed by atoms with Gasteiger partial charge in [0.05, 0.1) is 25.9 Å². The molecule has 0 heterocycles. The van der Waals surface area contributed by atoms with Crippen molar-refractivity contribution in [3.05, 3.63) is 35.9 Å². The van der Waals surface area contributed by atoms with Crippen molar-refractivity contribution in [3.63, 3.8) is 0 Å². The van der Waals surface area contributed by atoms with Crippen molar-refractivity contribution in [2.24, 2.45) is 0 Å². The summed E-state index contributed by atoms with van der Waals surface area (Å²) >= 11 is 0. The lowest BCUT2D eigenvalue weighted by atomic mass is 10.1. The number of carbonyl (C=O) groups is 1. The third kappa shape index (κ3) is 9.71. The van der Waals surface area contributed by atoms with Gasteiger partial charge in [0.15, 0.2) is 8.32 Å². The van der Waals surface area contributed by atoms with Crippen LogP contribution in [0.15, 0.2) is 30.3 Å². The molecule has 1 rings (SSSR count). The molecular weight excluding hydrogens is 370 g/mol. The molecule has 1 N–H and O–H groups in total. The minimum Gasteiger partial charge on any atom is -0.444 e. The summed E-state index contributed by atoms with van der Waals surface area (Å²) in [5.41, 5.74) is 0.615. The molecule has 6 heteroatoms. The molecule has 0 radical (unpaired) electrons. The van der Waals surface area contributed by atoms with Crippen LogP contribution in [0.25, 0.3) is 0 Å². The summed E-state index contributed by atoms with van der Waals surface area (Å²) < 4.78 is 17.4. The van der Waals surface area contributed by atoms with Crippen LogP contribution in [0.1, 0.15) is 47.1 Å². The second kappa shape index (κ2) is 10.4. The topological polar surface area (TPSA) is 56.8 Å². The van der Waals surface area contributed by atoms with Crippen LogP contribution in [0.3, 0.4) is 0 Å². The van der Waals surface area contributed by atoms with E-state index in [9.17, 15) is 4.79 Å². The van der Waals surface area contributed by atoms with Gasteiger partial charge in [0, 0.05) is 0 Å². The SMILES string of the molecule is CC(C)(C)OC(=O)NC(COCCO[Si](C)(C)C(C)(C)C)Cc1ccccc1. The zero-order chi connectivity index (χ0) is 21.4. The minimum absolute atomic E-state index is 0.162. The highest BCUT2D eigenvalue weighted by Crippen LogP contribution is 2.36. The van der Waals surface area contributed by atoms with Crippen molar-refractivity contribution >= 4 is 14.4 Å². The van der Waals surface area contributed by atoms with Gasteiger partial charge in [0.1, 0.15) is 5.60 Å². The van der Waals surface area contributed by atoms with Gasteiger partial charge in [-0.3, -0.25) is 0 Å². The monoisotopic (exact) mass is 409 g/mol. The van der Waals surface area contributed by atoms with Crippen LogP contribution in [0.4, 0.5) is 4.79 Å². The number of amides is 1. The fourth-order valence-corrected chi connectivity index (χ4v) is 3.35. The largest absolute Gasteiger partial charge is 0.444 e. The van der Waals surface area contributed by atoms with Gasteiger partial charge in [-0.2, -0.15) is 0 Å². The molecule has 0 aliphatic heterocycles. The Hall–Kier alpha value is -1.37. The van der Waals surface area contributed by atoms with Gasteiger partial charge in [-0.05, 0) is 50.9 Å². The molecule has 1 aromatic carbocycles. The number of nitrogens with one attached hydrogen (secondary N) is 1. The van der Waals surface area contributed by atoms with Crippen molar-refractivity contribution in [1.29, 1.82) is 0 Å². The van der Waals surface area contributed by atoms with Gasteiger partial charge < -0.3 is 19.2 Å². The Morgan fingerprint density at radius 2 is 1.64 bits per heavy atom. The Morgan fingerprint density at radius 3 is 2.18 bits per heavy atom. The van der Waals surface area contributed by atoms with E-state index >= 15 is 0 Å². The van der Waals surface area contributed by atoms with Crippen LogP contribution in [-0.4, -0.2) is 45.9 Å². The fourth-order valence-electron chi connectivity index (χ4n) is 2.32. The van der Waals surface area contributed by atoms with Gasteiger partial charge in [-0.1, -0.05) is 51.1 Å². The summed E-state index contributed by atoms with van der Waals surface area (Å²) in [5.74, 6) is 0. The molecule has 0 saturated carbocycles. The summed E-state index contributed by atoms with van der Waals surface area (Å²) in [6, 6.07) is 9.90. The lowest BCUT2D eigenvalue weighted by Gasteiger charge is -2.36. The van der Waals surface area contributed by atoms with Gasteiger partial charge in [-0.15, -0.1) is 0 Å². The molecule has 0 bridgehead atoms. The summed E-state index contributed by atoms with van der Waals surface area (Å²) in [5, 5.41) is 3.12. The first-order chi connectivity index (χ1) is 12.8. The van der Waals surface area contributed by atoms with Gasteiger partial charge in [0.25, 0.3) is 0 Å². The molecule has 0 aliphatic carbocycles. The number of benzene rings is 1. The highest BCUT2D eigenvalue weighted by atomic mass is 28.4. The van der Waals surface area contributed by atoms with E-state index in [1.54, 1.807) is 0 Å². The number of hydrogen-bond acceptors (Lipinski definition) is 4. The first-order valence-corrected chi connectivity index (χ1v) is 13.0. The maximum absolute atomic E-state index is 12.2. The first-order valence-electron chi connectivity index (χ1n) is 10.1. The molecule has 1 aromatic rings. The Balaban J connectivity index is 2.54. The van der Waals surface area contributed by atoms with E-state index < -0.39 is 20.0 Å². The Bertz CT molecular complexity index is 591. The van der Waals surface area contributed by atoms with Crippen molar-refractivity contribution in [2.45, 2.75) is 77.7 Å². The molecule has 0 saturated heterocycles. The Labute approximate surface area is 172 Å². The molecule has 0 spiro atoms. The molecule has 28 heavy (non-hydrogen) atoms. The molecule has 1 amide bonds. The van der Waals surface area contributed by atoms with Crippen LogP contribution < -0.4 is 5.32 Å². The van der Waals surface area contributed by atoms with Crippen molar-refractivity contribution in [2.75, 3.05) is 19.8 Å². The number of alkyl carbamates (subject to hydrolysis) is 1. The average Bonchev–Trinajstić information content (AvgIpc) is 2.52. The van der Waals surface area contributed by atoms with E-state index in [-0.39, 0.29) is 11.1 Å². The predicted octanol–water partition coefficient (Wildman–Crippen LogP) is 5.16. The number of rotatable bonds is 9. The number of carbonyl (C=O) groups excluding carboxylic acids is 1. The molecule has 1 atom stereocenters. The van der Waals surface area contributed by atoms with E-state index in [0.29, 0.717) is 26.2 Å². The molecule has 0 fully saturated rings. The lowest BCUT2D eigenvalue weighted by molar-refractivity contribution is 0.0414.